The number of nitrogens with one attached hydrogen (secondary N) is 1. The lowest BCUT2D eigenvalue weighted by Gasteiger charge is -2.21. The van der Waals surface area contributed by atoms with E-state index < -0.39 is 0 Å². The van der Waals surface area contributed by atoms with Crippen LogP contribution in [0.5, 0.6) is 0 Å². The van der Waals surface area contributed by atoms with E-state index in [2.05, 4.69) is 5.32 Å². The first kappa shape index (κ1) is 14.9. The van der Waals surface area contributed by atoms with Gasteiger partial charge >= 0.3 is 0 Å². The maximum Gasteiger partial charge on any atom is 0.238 e. The molecule has 2 heterocycles. The Hall–Kier alpha value is -1.04. The van der Waals surface area contributed by atoms with E-state index in [1.165, 1.54) is 0 Å². The predicted molar refractivity (Wildman–Crippen MR) is 93.0 cm³/mol. The molecule has 1 aromatic heterocycles. The van der Waals surface area contributed by atoms with Crippen molar-refractivity contribution in [2.24, 2.45) is 0 Å². The molecule has 1 N–H and O–H groups in total. The summed E-state index contributed by atoms with van der Waals surface area (Å²) in [6, 6.07) is 9.41. The normalized spacial score (nSPS) is 18.4. The average molecular weight is 339 g/mol. The van der Waals surface area contributed by atoms with E-state index >= 15 is 0 Å². The molecule has 1 fully saturated rings. The Balaban J connectivity index is 1.83. The number of hydrogen-bond donors (Lipinski definition) is 1. The number of halogens is 1. The summed E-state index contributed by atoms with van der Waals surface area (Å²) in [4.78, 5) is 12.4. The summed E-state index contributed by atoms with van der Waals surface area (Å²) in [5.74, 6) is 3.11. The van der Waals surface area contributed by atoms with Crippen molar-refractivity contribution in [3.63, 3.8) is 0 Å². The van der Waals surface area contributed by atoms with E-state index in [4.69, 9.17) is 11.6 Å². The highest BCUT2D eigenvalue weighted by molar-refractivity contribution is 8.07. The van der Waals surface area contributed by atoms with Crippen LogP contribution >= 0.6 is 35.1 Å². The molecular formula is C15H15ClN2OS2. The quantitative estimate of drug-likeness (QED) is 0.921. The SMILES string of the molecule is O=C(Nc1ccc(Cl)cc1-n1cccc1)C1CSCCS1. The number of benzene rings is 1. The van der Waals surface area contributed by atoms with Gasteiger partial charge in [0.2, 0.25) is 5.91 Å². The molecule has 0 bridgehead atoms. The van der Waals surface area contributed by atoms with Gasteiger partial charge in [-0.3, -0.25) is 4.79 Å². The summed E-state index contributed by atoms with van der Waals surface area (Å²) in [5.41, 5.74) is 1.67. The fourth-order valence-corrected chi connectivity index (χ4v) is 4.89. The highest BCUT2D eigenvalue weighted by Crippen LogP contribution is 2.28. The first-order valence-electron chi connectivity index (χ1n) is 6.67. The van der Waals surface area contributed by atoms with Crippen LogP contribution in [0.2, 0.25) is 5.02 Å². The summed E-state index contributed by atoms with van der Waals surface area (Å²) in [7, 11) is 0. The van der Waals surface area contributed by atoms with Crippen molar-refractivity contribution < 1.29 is 4.79 Å². The zero-order chi connectivity index (χ0) is 14.7. The van der Waals surface area contributed by atoms with Crippen LogP contribution in [0, 0.1) is 0 Å². The van der Waals surface area contributed by atoms with Gasteiger partial charge in [-0.2, -0.15) is 11.8 Å². The van der Waals surface area contributed by atoms with Crippen molar-refractivity contribution in [1.29, 1.82) is 0 Å². The molecule has 21 heavy (non-hydrogen) atoms. The number of rotatable bonds is 3. The molecule has 1 atom stereocenters. The molecule has 1 unspecified atom stereocenters. The largest absolute Gasteiger partial charge is 0.323 e. The average Bonchev–Trinajstić information content (AvgIpc) is 3.04. The zero-order valence-electron chi connectivity index (χ0n) is 11.3. The Kier molecular flexibility index (Phi) is 4.83. The van der Waals surface area contributed by atoms with E-state index in [-0.39, 0.29) is 11.2 Å². The Labute approximate surface area is 137 Å². The first-order valence-corrected chi connectivity index (χ1v) is 9.25. The van der Waals surface area contributed by atoms with Gasteiger partial charge in [0.25, 0.3) is 0 Å². The van der Waals surface area contributed by atoms with Gasteiger partial charge in [0, 0.05) is 34.7 Å². The minimum atomic E-state index is 0.0249. The number of carbonyl (C=O) groups is 1. The van der Waals surface area contributed by atoms with E-state index in [0.717, 1.165) is 28.6 Å². The Morgan fingerprint density at radius 3 is 2.81 bits per heavy atom. The molecular weight excluding hydrogens is 324 g/mol. The Morgan fingerprint density at radius 1 is 1.29 bits per heavy atom. The maximum atomic E-state index is 12.4. The van der Waals surface area contributed by atoms with E-state index in [1.807, 2.05) is 53.0 Å². The summed E-state index contributed by atoms with van der Waals surface area (Å²) in [6.45, 7) is 0. The van der Waals surface area contributed by atoms with Crippen LogP contribution in [0.1, 0.15) is 0 Å². The van der Waals surface area contributed by atoms with Crippen molar-refractivity contribution in [3.8, 4) is 5.69 Å². The number of hydrogen-bond acceptors (Lipinski definition) is 3. The van der Waals surface area contributed by atoms with Gasteiger partial charge in [-0.15, -0.1) is 11.8 Å². The number of amides is 1. The maximum absolute atomic E-state index is 12.4. The second kappa shape index (κ2) is 6.81. The molecule has 0 saturated carbocycles. The number of anilines is 1. The molecule has 3 nitrogen and oxygen atoms in total. The lowest BCUT2D eigenvalue weighted by molar-refractivity contribution is -0.115. The van der Waals surface area contributed by atoms with Crippen molar-refractivity contribution in [3.05, 3.63) is 47.7 Å². The highest BCUT2D eigenvalue weighted by atomic mass is 35.5. The molecule has 0 radical (unpaired) electrons. The van der Waals surface area contributed by atoms with Crippen LogP contribution in [0.25, 0.3) is 5.69 Å². The minimum absolute atomic E-state index is 0.0249. The summed E-state index contributed by atoms with van der Waals surface area (Å²) in [6.07, 6.45) is 3.87. The molecule has 1 amide bonds. The van der Waals surface area contributed by atoms with E-state index in [1.54, 1.807) is 17.8 Å². The molecule has 0 spiro atoms. The third-order valence-corrected chi connectivity index (χ3v) is 6.20. The summed E-state index contributed by atoms with van der Waals surface area (Å²) >= 11 is 9.66. The van der Waals surface area contributed by atoms with Crippen LogP contribution in [0.4, 0.5) is 5.69 Å². The van der Waals surface area contributed by atoms with Crippen molar-refractivity contribution >= 4 is 46.7 Å². The van der Waals surface area contributed by atoms with Crippen LogP contribution in [-0.4, -0.2) is 33.0 Å². The number of aromatic nitrogens is 1. The number of carbonyl (C=O) groups excluding carboxylic acids is 1. The molecule has 1 aliphatic heterocycles. The van der Waals surface area contributed by atoms with Gasteiger partial charge in [0.15, 0.2) is 0 Å². The molecule has 2 aromatic rings. The summed E-state index contributed by atoms with van der Waals surface area (Å²) < 4.78 is 1.95. The smallest absolute Gasteiger partial charge is 0.238 e. The van der Waals surface area contributed by atoms with Crippen LogP contribution < -0.4 is 5.32 Å². The van der Waals surface area contributed by atoms with Gasteiger partial charge in [-0.25, -0.2) is 0 Å². The Morgan fingerprint density at radius 2 is 2.10 bits per heavy atom. The van der Waals surface area contributed by atoms with Crippen molar-refractivity contribution in [2.75, 3.05) is 22.6 Å². The minimum Gasteiger partial charge on any atom is -0.323 e. The molecule has 1 saturated heterocycles. The van der Waals surface area contributed by atoms with Crippen LogP contribution in [-0.2, 0) is 4.79 Å². The fraction of sp³-hybridized carbons (Fsp3) is 0.267. The topological polar surface area (TPSA) is 34.0 Å². The van der Waals surface area contributed by atoms with Crippen LogP contribution in [0.3, 0.4) is 0 Å². The molecule has 1 aliphatic rings. The number of nitrogens with zero attached hydrogens (tertiary/aromatic N) is 1. The molecule has 6 heteroatoms. The molecule has 110 valence electrons. The second-order valence-corrected chi connectivity index (χ2v) is 7.57. The number of thioether (sulfide) groups is 2. The van der Waals surface area contributed by atoms with Gasteiger partial charge < -0.3 is 9.88 Å². The standard InChI is InChI=1S/C15H15ClN2OS2/c16-11-3-4-12(13(9-11)18-5-1-2-6-18)17-15(19)14-10-20-7-8-21-14/h1-6,9,14H,7-8,10H2,(H,17,19). The first-order chi connectivity index (χ1) is 10.2. The van der Waals surface area contributed by atoms with Crippen molar-refractivity contribution in [1.82, 2.24) is 4.57 Å². The molecule has 1 aromatic carbocycles. The molecule has 0 aliphatic carbocycles. The predicted octanol–water partition coefficient (Wildman–Crippen LogP) is 3.92. The van der Waals surface area contributed by atoms with Gasteiger partial charge in [-0.1, -0.05) is 11.6 Å². The molecule has 3 rings (SSSR count). The third kappa shape index (κ3) is 3.59. The van der Waals surface area contributed by atoms with E-state index in [0.29, 0.717) is 5.02 Å². The monoisotopic (exact) mass is 338 g/mol. The second-order valence-electron chi connectivity index (χ2n) is 4.68. The fourth-order valence-electron chi connectivity index (χ4n) is 2.17. The zero-order valence-corrected chi connectivity index (χ0v) is 13.7. The van der Waals surface area contributed by atoms with Crippen LogP contribution in [0.15, 0.2) is 42.7 Å². The van der Waals surface area contributed by atoms with Gasteiger partial charge in [-0.05, 0) is 30.3 Å². The van der Waals surface area contributed by atoms with Crippen molar-refractivity contribution in [2.45, 2.75) is 5.25 Å². The van der Waals surface area contributed by atoms with Gasteiger partial charge in [0.1, 0.15) is 0 Å². The Bertz CT molecular complexity index is 625. The lowest BCUT2D eigenvalue weighted by Crippen LogP contribution is -2.30. The van der Waals surface area contributed by atoms with Gasteiger partial charge in [0.05, 0.1) is 16.6 Å². The van der Waals surface area contributed by atoms with E-state index in [9.17, 15) is 4.79 Å². The highest BCUT2D eigenvalue weighted by Gasteiger charge is 2.23. The lowest BCUT2D eigenvalue weighted by atomic mass is 10.2. The third-order valence-electron chi connectivity index (χ3n) is 3.21. The summed E-state index contributed by atoms with van der Waals surface area (Å²) in [5, 5.41) is 3.72.